The number of hydrogen-bond donors (Lipinski definition) is 2. The van der Waals surface area contributed by atoms with E-state index in [0.717, 1.165) is 11.3 Å². The second kappa shape index (κ2) is 8.14. The minimum Gasteiger partial charge on any atom is -0.338 e. The first kappa shape index (κ1) is 21.3. The van der Waals surface area contributed by atoms with E-state index < -0.39 is 15.4 Å². The van der Waals surface area contributed by atoms with Gasteiger partial charge in [-0.15, -0.1) is 10.2 Å². The van der Waals surface area contributed by atoms with Crippen LogP contribution < -0.4 is 10.0 Å². The SMILES string of the molecule is CC(C)(C)C(=O)Nc1nnc(S(=O)(=O)NCc2nc(-c3cccc(Cl)c3)no2)s1. The first-order chi connectivity index (χ1) is 13.5. The molecule has 0 atom stereocenters. The Morgan fingerprint density at radius 3 is 2.72 bits per heavy atom. The van der Waals surface area contributed by atoms with Crippen molar-refractivity contribution in [1.29, 1.82) is 0 Å². The molecular weight excluding hydrogens is 440 g/mol. The molecule has 154 valence electrons. The van der Waals surface area contributed by atoms with Crippen LogP contribution in [0.25, 0.3) is 11.4 Å². The Balaban J connectivity index is 1.66. The highest BCUT2D eigenvalue weighted by molar-refractivity contribution is 7.91. The third-order valence-corrected chi connectivity index (χ3v) is 6.34. The van der Waals surface area contributed by atoms with Crippen LogP contribution in [0.3, 0.4) is 0 Å². The van der Waals surface area contributed by atoms with Crippen molar-refractivity contribution >= 4 is 44.0 Å². The van der Waals surface area contributed by atoms with Gasteiger partial charge in [-0.3, -0.25) is 4.79 Å². The van der Waals surface area contributed by atoms with Crippen LogP contribution in [0.2, 0.25) is 5.02 Å². The van der Waals surface area contributed by atoms with Crippen LogP contribution in [-0.4, -0.2) is 34.7 Å². The molecule has 3 rings (SSSR count). The fourth-order valence-electron chi connectivity index (χ4n) is 1.94. The van der Waals surface area contributed by atoms with Gasteiger partial charge in [-0.2, -0.15) is 9.71 Å². The Labute approximate surface area is 175 Å². The summed E-state index contributed by atoms with van der Waals surface area (Å²) in [6.45, 7) is 4.94. The number of hydrogen-bond acceptors (Lipinski definition) is 9. The van der Waals surface area contributed by atoms with Crippen LogP contribution in [0.5, 0.6) is 0 Å². The first-order valence-electron chi connectivity index (χ1n) is 8.28. The monoisotopic (exact) mass is 456 g/mol. The maximum atomic E-state index is 12.4. The number of anilines is 1. The van der Waals surface area contributed by atoms with Crippen molar-refractivity contribution in [3.05, 3.63) is 35.2 Å². The van der Waals surface area contributed by atoms with Crippen molar-refractivity contribution in [2.75, 3.05) is 5.32 Å². The van der Waals surface area contributed by atoms with Gasteiger partial charge in [0.2, 0.25) is 27.1 Å². The molecule has 0 aliphatic heterocycles. The van der Waals surface area contributed by atoms with E-state index in [-0.39, 0.29) is 33.6 Å². The Bertz CT molecular complexity index is 1140. The largest absolute Gasteiger partial charge is 0.338 e. The molecule has 1 aromatic carbocycles. The standard InChI is InChI=1S/C16H17ClN6O4S2/c1-16(2,3)13(24)20-14-21-22-15(28-14)29(25,26)18-8-11-19-12(23-27-11)9-5-4-6-10(17)7-9/h4-7,18H,8H2,1-3H3,(H,20,21,24). The number of carbonyl (C=O) groups excluding carboxylic acids is 1. The van der Waals surface area contributed by atoms with Crippen LogP contribution in [0.1, 0.15) is 26.7 Å². The summed E-state index contributed by atoms with van der Waals surface area (Å²) in [5.41, 5.74) is -0.0135. The molecule has 0 saturated heterocycles. The van der Waals surface area contributed by atoms with Crippen molar-refractivity contribution in [3.8, 4) is 11.4 Å². The molecule has 0 aliphatic rings. The lowest BCUT2D eigenvalue weighted by atomic mass is 9.96. The Hall–Kier alpha value is -2.41. The van der Waals surface area contributed by atoms with Gasteiger partial charge in [0.05, 0.1) is 6.54 Å². The molecule has 0 radical (unpaired) electrons. The number of aromatic nitrogens is 4. The van der Waals surface area contributed by atoms with E-state index in [1.165, 1.54) is 0 Å². The van der Waals surface area contributed by atoms with Gasteiger partial charge in [0.25, 0.3) is 10.0 Å². The molecule has 0 unspecified atom stereocenters. The van der Waals surface area contributed by atoms with Gasteiger partial charge in [0.15, 0.2) is 0 Å². The number of nitrogens with one attached hydrogen (secondary N) is 2. The van der Waals surface area contributed by atoms with E-state index in [9.17, 15) is 13.2 Å². The number of amides is 1. The Kier molecular flexibility index (Phi) is 5.98. The van der Waals surface area contributed by atoms with Gasteiger partial charge in [0.1, 0.15) is 0 Å². The smallest absolute Gasteiger partial charge is 0.270 e. The molecule has 29 heavy (non-hydrogen) atoms. The molecule has 0 bridgehead atoms. The van der Waals surface area contributed by atoms with E-state index in [2.05, 4.69) is 30.4 Å². The summed E-state index contributed by atoms with van der Waals surface area (Å²) in [6, 6.07) is 6.86. The minimum absolute atomic E-state index is 0.0642. The summed E-state index contributed by atoms with van der Waals surface area (Å²) in [5.74, 6) is 0.0454. The fourth-order valence-corrected chi connectivity index (χ4v) is 4.04. The summed E-state index contributed by atoms with van der Waals surface area (Å²) in [6.07, 6.45) is 0. The normalized spacial score (nSPS) is 12.1. The highest BCUT2D eigenvalue weighted by Gasteiger charge is 2.25. The minimum atomic E-state index is -3.98. The van der Waals surface area contributed by atoms with Gasteiger partial charge in [-0.1, -0.05) is 61.0 Å². The molecule has 0 spiro atoms. The number of rotatable bonds is 6. The maximum Gasteiger partial charge on any atom is 0.270 e. The molecule has 10 nitrogen and oxygen atoms in total. The van der Waals surface area contributed by atoms with Crippen LogP contribution in [0.15, 0.2) is 33.1 Å². The van der Waals surface area contributed by atoms with Crippen molar-refractivity contribution in [3.63, 3.8) is 0 Å². The Morgan fingerprint density at radius 2 is 2.03 bits per heavy atom. The fraction of sp³-hybridized carbons (Fsp3) is 0.312. The van der Waals surface area contributed by atoms with Crippen LogP contribution in [-0.2, 0) is 21.4 Å². The summed E-state index contributed by atoms with van der Waals surface area (Å²) in [4.78, 5) is 16.1. The van der Waals surface area contributed by atoms with Crippen LogP contribution in [0, 0.1) is 5.41 Å². The average molecular weight is 457 g/mol. The summed E-state index contributed by atoms with van der Waals surface area (Å²) in [7, 11) is -3.98. The summed E-state index contributed by atoms with van der Waals surface area (Å²) >= 11 is 6.67. The first-order valence-corrected chi connectivity index (χ1v) is 11.0. The predicted octanol–water partition coefficient (Wildman–Crippen LogP) is 2.70. The van der Waals surface area contributed by atoms with E-state index in [0.29, 0.717) is 10.6 Å². The second-order valence-electron chi connectivity index (χ2n) is 6.92. The number of benzene rings is 1. The van der Waals surface area contributed by atoms with Gasteiger partial charge in [-0.05, 0) is 12.1 Å². The molecule has 2 aromatic heterocycles. The molecule has 2 heterocycles. The third kappa shape index (κ3) is 5.35. The van der Waals surface area contributed by atoms with Crippen molar-refractivity contribution in [1.82, 2.24) is 25.1 Å². The number of halogens is 1. The highest BCUT2D eigenvalue weighted by Crippen LogP contribution is 2.23. The van der Waals surface area contributed by atoms with E-state index in [1.54, 1.807) is 45.0 Å². The van der Waals surface area contributed by atoms with Gasteiger partial charge in [-0.25, -0.2) is 8.42 Å². The summed E-state index contributed by atoms with van der Waals surface area (Å²) in [5, 5.41) is 14.3. The highest BCUT2D eigenvalue weighted by atomic mass is 35.5. The van der Waals surface area contributed by atoms with E-state index >= 15 is 0 Å². The van der Waals surface area contributed by atoms with Gasteiger partial charge >= 0.3 is 0 Å². The topological polar surface area (TPSA) is 140 Å². The van der Waals surface area contributed by atoms with Crippen molar-refractivity contribution < 1.29 is 17.7 Å². The quantitative estimate of drug-likeness (QED) is 0.539. The van der Waals surface area contributed by atoms with Crippen LogP contribution in [0.4, 0.5) is 5.13 Å². The zero-order valence-corrected chi connectivity index (χ0v) is 18.0. The molecule has 0 aliphatic carbocycles. The number of sulfonamides is 1. The maximum absolute atomic E-state index is 12.4. The molecule has 2 N–H and O–H groups in total. The zero-order valence-electron chi connectivity index (χ0n) is 15.6. The van der Waals surface area contributed by atoms with E-state index in [1.807, 2.05) is 0 Å². The third-order valence-electron chi connectivity index (χ3n) is 3.50. The molecule has 13 heteroatoms. The molecule has 3 aromatic rings. The van der Waals surface area contributed by atoms with Crippen molar-refractivity contribution in [2.24, 2.45) is 5.41 Å². The van der Waals surface area contributed by atoms with Crippen LogP contribution >= 0.6 is 22.9 Å². The average Bonchev–Trinajstić information content (AvgIpc) is 3.29. The second-order valence-corrected chi connectivity index (χ2v) is 10.3. The van der Waals surface area contributed by atoms with Crippen molar-refractivity contribution in [2.45, 2.75) is 31.7 Å². The predicted molar refractivity (Wildman–Crippen MR) is 107 cm³/mol. The lowest BCUT2D eigenvalue weighted by molar-refractivity contribution is -0.123. The van der Waals surface area contributed by atoms with Gasteiger partial charge in [0, 0.05) is 16.0 Å². The number of carbonyl (C=O) groups is 1. The molecular formula is C16H17ClN6O4S2. The molecule has 1 amide bonds. The number of nitrogens with zero attached hydrogens (tertiary/aromatic N) is 4. The molecule has 0 saturated carbocycles. The van der Waals surface area contributed by atoms with E-state index in [4.69, 9.17) is 16.1 Å². The molecule has 0 fully saturated rings. The lowest BCUT2D eigenvalue weighted by Gasteiger charge is -2.15. The van der Waals surface area contributed by atoms with Gasteiger partial charge < -0.3 is 9.84 Å². The zero-order chi connectivity index (χ0) is 21.2. The lowest BCUT2D eigenvalue weighted by Crippen LogP contribution is -2.27. The Morgan fingerprint density at radius 1 is 1.28 bits per heavy atom. The summed E-state index contributed by atoms with van der Waals surface area (Å²) < 4.78 is 31.9.